The first-order chi connectivity index (χ1) is 11.5. The molecule has 25 heavy (non-hydrogen) atoms. The van der Waals surface area contributed by atoms with E-state index in [1.54, 1.807) is 6.07 Å². The largest absolute Gasteiger partial charge is 0.347 e. The van der Waals surface area contributed by atoms with Crippen LogP contribution in [0.25, 0.3) is 0 Å². The monoisotopic (exact) mass is 426 g/mol. The molecular weight excluding hydrogens is 413 g/mol. The molecule has 0 bridgehead atoms. The fourth-order valence-electron chi connectivity index (χ4n) is 2.89. The van der Waals surface area contributed by atoms with Crippen LogP contribution in [-0.2, 0) is 0 Å². The zero-order chi connectivity index (χ0) is 17.3. The Hall–Kier alpha value is -0.920. The van der Waals surface area contributed by atoms with E-state index in [1.165, 1.54) is 12.1 Å². The highest BCUT2D eigenvalue weighted by Crippen LogP contribution is 2.32. The summed E-state index contributed by atoms with van der Waals surface area (Å²) in [4.78, 5) is 12.4. The van der Waals surface area contributed by atoms with Crippen molar-refractivity contribution in [2.75, 3.05) is 13.1 Å². The van der Waals surface area contributed by atoms with E-state index in [2.05, 4.69) is 10.6 Å². The molecule has 2 atom stereocenters. The summed E-state index contributed by atoms with van der Waals surface area (Å²) in [6.07, 6.45) is 0.703. The molecule has 0 saturated carbocycles. The molecule has 1 amide bonds. The van der Waals surface area contributed by atoms with Gasteiger partial charge in [-0.05, 0) is 36.7 Å². The molecule has 1 aliphatic rings. The van der Waals surface area contributed by atoms with E-state index in [4.69, 9.17) is 23.2 Å². The summed E-state index contributed by atoms with van der Waals surface area (Å²) in [5.41, 5.74) is 0.983. The van der Waals surface area contributed by atoms with Gasteiger partial charge in [-0.2, -0.15) is 0 Å². The van der Waals surface area contributed by atoms with Gasteiger partial charge in [-0.1, -0.05) is 29.3 Å². The second kappa shape index (κ2) is 8.64. The number of halogens is 5. The van der Waals surface area contributed by atoms with Gasteiger partial charge >= 0.3 is 0 Å². The van der Waals surface area contributed by atoms with Crippen molar-refractivity contribution in [1.82, 2.24) is 10.6 Å². The highest BCUT2D eigenvalue weighted by atomic mass is 35.5. The van der Waals surface area contributed by atoms with Gasteiger partial charge in [0.15, 0.2) is 11.6 Å². The summed E-state index contributed by atoms with van der Waals surface area (Å²) in [6, 6.07) is 5.13. The lowest BCUT2D eigenvalue weighted by molar-refractivity contribution is 0.0925. The van der Waals surface area contributed by atoms with Crippen LogP contribution in [0.5, 0.6) is 0 Å². The van der Waals surface area contributed by atoms with E-state index >= 15 is 0 Å². The fourth-order valence-corrected chi connectivity index (χ4v) is 4.35. The van der Waals surface area contributed by atoms with Crippen molar-refractivity contribution in [2.24, 2.45) is 0 Å². The molecule has 1 fully saturated rings. The molecule has 1 aliphatic heterocycles. The summed E-state index contributed by atoms with van der Waals surface area (Å²) < 4.78 is 27.5. The minimum Gasteiger partial charge on any atom is -0.347 e. The normalized spacial score (nSPS) is 20.0. The summed E-state index contributed by atoms with van der Waals surface area (Å²) in [6.45, 7) is 1.27. The van der Waals surface area contributed by atoms with E-state index in [0.717, 1.165) is 23.9 Å². The smallest absolute Gasteiger partial charge is 0.254 e. The van der Waals surface area contributed by atoms with Crippen LogP contribution < -0.4 is 10.6 Å². The molecule has 2 aromatic rings. The van der Waals surface area contributed by atoms with Crippen LogP contribution in [-0.4, -0.2) is 25.0 Å². The highest BCUT2D eigenvalue weighted by Gasteiger charge is 2.29. The molecule has 3 rings (SSSR count). The van der Waals surface area contributed by atoms with E-state index in [9.17, 15) is 13.6 Å². The minimum atomic E-state index is -0.885. The van der Waals surface area contributed by atoms with Gasteiger partial charge in [-0.3, -0.25) is 4.79 Å². The lowest BCUT2D eigenvalue weighted by Crippen LogP contribution is -2.50. The molecule has 0 spiro atoms. The Bertz CT molecular complexity index is 772. The van der Waals surface area contributed by atoms with Gasteiger partial charge in [0.1, 0.15) is 4.34 Å². The Kier molecular flexibility index (Phi) is 7.05. The second-order valence-electron chi connectivity index (χ2n) is 5.59. The summed E-state index contributed by atoms with van der Waals surface area (Å²) in [5.74, 6) is -2.21. The molecule has 2 unspecified atom stereocenters. The molecule has 1 saturated heterocycles. The van der Waals surface area contributed by atoms with Gasteiger partial charge in [-0.25, -0.2) is 8.78 Å². The van der Waals surface area contributed by atoms with Gasteiger partial charge in [0, 0.05) is 18.5 Å². The molecule has 2 N–H and O–H groups in total. The number of carbonyl (C=O) groups is 1. The topological polar surface area (TPSA) is 41.1 Å². The zero-order valence-electron chi connectivity index (χ0n) is 12.8. The summed E-state index contributed by atoms with van der Waals surface area (Å²) in [7, 11) is 0. The van der Waals surface area contributed by atoms with Gasteiger partial charge < -0.3 is 10.6 Å². The quantitative estimate of drug-likeness (QED) is 0.750. The zero-order valence-corrected chi connectivity index (χ0v) is 16.0. The van der Waals surface area contributed by atoms with Crippen molar-refractivity contribution >= 4 is 52.9 Å². The van der Waals surface area contributed by atoms with Crippen LogP contribution in [0.1, 0.15) is 28.3 Å². The van der Waals surface area contributed by atoms with E-state index < -0.39 is 11.6 Å². The van der Waals surface area contributed by atoms with Crippen LogP contribution in [0.4, 0.5) is 8.78 Å². The maximum Gasteiger partial charge on any atom is 0.254 e. The summed E-state index contributed by atoms with van der Waals surface area (Å²) >= 11 is 13.0. The SMILES string of the molecule is Cl.O=C(NC1CNCCC1c1ccc(F)c(F)c1)c1cc(Cl)sc1Cl. The maximum atomic E-state index is 13.5. The molecule has 1 aromatic heterocycles. The molecule has 9 heteroatoms. The number of amides is 1. The maximum absolute atomic E-state index is 13.5. The van der Waals surface area contributed by atoms with Gasteiger partial charge in [-0.15, -0.1) is 23.7 Å². The standard InChI is InChI=1S/C16H14Cl2F2N2OS.ClH/c17-14-6-10(15(18)24-14)16(23)22-13-7-21-4-3-9(13)8-1-2-11(19)12(20)5-8;/h1-2,5-6,9,13,21H,3-4,7H2,(H,22,23);1H. The first kappa shape index (κ1) is 20.4. The number of rotatable bonds is 3. The van der Waals surface area contributed by atoms with Crippen LogP contribution in [0, 0.1) is 11.6 Å². The lowest BCUT2D eigenvalue weighted by Gasteiger charge is -2.33. The van der Waals surface area contributed by atoms with Crippen LogP contribution in [0.3, 0.4) is 0 Å². The molecular formula is C16H15Cl3F2N2OS. The van der Waals surface area contributed by atoms with Crippen LogP contribution in [0.15, 0.2) is 24.3 Å². The van der Waals surface area contributed by atoms with Gasteiger partial charge in [0.25, 0.3) is 5.91 Å². The van der Waals surface area contributed by atoms with Crippen molar-refractivity contribution < 1.29 is 13.6 Å². The van der Waals surface area contributed by atoms with Crippen LogP contribution >= 0.6 is 46.9 Å². The first-order valence-corrected chi connectivity index (χ1v) is 8.94. The molecule has 2 heterocycles. The van der Waals surface area contributed by atoms with E-state index in [0.29, 0.717) is 32.8 Å². The molecule has 3 nitrogen and oxygen atoms in total. The Morgan fingerprint density at radius 3 is 2.64 bits per heavy atom. The van der Waals surface area contributed by atoms with E-state index in [1.807, 2.05) is 0 Å². The van der Waals surface area contributed by atoms with Gasteiger partial charge in [0.2, 0.25) is 0 Å². The molecule has 1 aromatic carbocycles. The Labute approximate surface area is 164 Å². The van der Waals surface area contributed by atoms with Crippen molar-refractivity contribution in [3.63, 3.8) is 0 Å². The number of benzene rings is 1. The lowest BCUT2D eigenvalue weighted by atomic mass is 9.86. The van der Waals surface area contributed by atoms with Crippen molar-refractivity contribution in [1.29, 1.82) is 0 Å². The van der Waals surface area contributed by atoms with Crippen molar-refractivity contribution in [3.05, 3.63) is 55.7 Å². The van der Waals surface area contributed by atoms with E-state index in [-0.39, 0.29) is 30.3 Å². The first-order valence-electron chi connectivity index (χ1n) is 7.37. The highest BCUT2D eigenvalue weighted by molar-refractivity contribution is 7.20. The predicted molar refractivity (Wildman–Crippen MR) is 99.4 cm³/mol. The van der Waals surface area contributed by atoms with Crippen molar-refractivity contribution in [3.8, 4) is 0 Å². The Morgan fingerprint density at radius 2 is 2.00 bits per heavy atom. The number of piperidine rings is 1. The minimum absolute atomic E-state index is 0. The van der Waals surface area contributed by atoms with Crippen LogP contribution in [0.2, 0.25) is 8.67 Å². The number of hydrogen-bond donors (Lipinski definition) is 2. The van der Waals surface area contributed by atoms with Gasteiger partial charge in [0.05, 0.1) is 9.90 Å². The number of nitrogens with one attached hydrogen (secondary N) is 2. The number of hydrogen-bond acceptors (Lipinski definition) is 3. The third kappa shape index (κ3) is 4.63. The third-order valence-corrected chi connectivity index (χ3v) is 5.56. The Morgan fingerprint density at radius 1 is 1.24 bits per heavy atom. The number of thiophene rings is 1. The second-order valence-corrected chi connectivity index (χ2v) is 7.88. The Balaban J connectivity index is 0.00000225. The van der Waals surface area contributed by atoms with Crippen molar-refractivity contribution in [2.45, 2.75) is 18.4 Å². The number of carbonyl (C=O) groups excluding carboxylic acids is 1. The molecule has 136 valence electrons. The molecule has 0 radical (unpaired) electrons. The average molecular weight is 428 g/mol. The molecule has 0 aliphatic carbocycles. The fraction of sp³-hybridized carbons (Fsp3) is 0.312. The summed E-state index contributed by atoms with van der Waals surface area (Å²) in [5, 5.41) is 6.12. The third-order valence-electron chi connectivity index (χ3n) is 4.07. The predicted octanol–water partition coefficient (Wildman–Crippen LogP) is 4.63. The average Bonchev–Trinajstić information content (AvgIpc) is 2.89.